The molecule has 0 aromatic carbocycles. The summed E-state index contributed by atoms with van der Waals surface area (Å²) < 4.78 is 2.28. The van der Waals surface area contributed by atoms with Gasteiger partial charge in [0.25, 0.3) is 5.56 Å². The molecule has 0 bridgehead atoms. The van der Waals surface area contributed by atoms with Gasteiger partial charge >= 0.3 is 5.69 Å². The Morgan fingerprint density at radius 3 is 2.53 bits per heavy atom. The summed E-state index contributed by atoms with van der Waals surface area (Å²) in [5.74, 6) is 0. The van der Waals surface area contributed by atoms with E-state index in [0.717, 1.165) is 4.57 Å². The minimum absolute atomic E-state index is 0.0699. The van der Waals surface area contributed by atoms with Gasteiger partial charge in [-0.3, -0.25) is 13.9 Å². The molecule has 17 heavy (non-hydrogen) atoms. The van der Waals surface area contributed by atoms with Gasteiger partial charge in [-0.05, 0) is 6.92 Å². The van der Waals surface area contributed by atoms with E-state index in [1.165, 1.54) is 11.6 Å². The molecule has 1 aromatic heterocycles. The number of nitrogens with zero attached hydrogens (tertiary/aromatic N) is 4. The van der Waals surface area contributed by atoms with E-state index in [4.69, 9.17) is 4.84 Å². The summed E-state index contributed by atoms with van der Waals surface area (Å²) in [4.78, 5) is 33.0. The van der Waals surface area contributed by atoms with E-state index in [1.807, 2.05) is 6.92 Å². The molecule has 92 valence electrons. The lowest BCUT2D eigenvalue weighted by atomic mass is 10.2. The van der Waals surface area contributed by atoms with E-state index >= 15 is 0 Å². The maximum Gasteiger partial charge on any atom is 0.332 e. The van der Waals surface area contributed by atoms with E-state index in [0.29, 0.717) is 6.42 Å². The quantitative estimate of drug-likeness (QED) is 0.591. The molecule has 0 unspecified atom stereocenters. The van der Waals surface area contributed by atoms with Crippen LogP contribution in [0.15, 0.2) is 19.7 Å². The lowest BCUT2D eigenvalue weighted by molar-refractivity contribution is -0.0430. The zero-order valence-corrected chi connectivity index (χ0v) is 10.2. The van der Waals surface area contributed by atoms with Crippen molar-refractivity contribution in [3.8, 4) is 0 Å². The van der Waals surface area contributed by atoms with Crippen molar-refractivity contribution in [3.05, 3.63) is 31.7 Å². The van der Waals surface area contributed by atoms with Crippen molar-refractivity contribution in [1.29, 1.82) is 0 Å². The van der Waals surface area contributed by atoms with Crippen molar-refractivity contribution in [2.24, 2.45) is 24.2 Å². The first kappa shape index (κ1) is 11.6. The minimum Gasteiger partial charge on any atom is -0.365 e. The van der Waals surface area contributed by atoms with Crippen LogP contribution in [-0.4, -0.2) is 14.9 Å². The maximum absolute atomic E-state index is 11.8. The topological polar surface area (TPSA) is 78.0 Å². The summed E-state index contributed by atoms with van der Waals surface area (Å²) in [6.07, 6.45) is 0.597. The maximum atomic E-state index is 11.8. The van der Waals surface area contributed by atoms with Crippen LogP contribution in [0.5, 0.6) is 0 Å². The third kappa shape index (κ3) is 1.58. The molecule has 0 radical (unpaired) electrons. The Morgan fingerprint density at radius 1 is 1.29 bits per heavy atom. The molecule has 0 saturated heterocycles. The highest BCUT2D eigenvalue weighted by molar-refractivity contribution is 4.89. The van der Waals surface area contributed by atoms with Gasteiger partial charge in [0.1, 0.15) is 0 Å². The van der Waals surface area contributed by atoms with Crippen molar-refractivity contribution >= 4 is 0 Å². The van der Waals surface area contributed by atoms with Gasteiger partial charge in [-0.2, -0.15) is 0 Å². The predicted octanol–water partition coefficient (Wildman–Crippen LogP) is -1.61. The summed E-state index contributed by atoms with van der Waals surface area (Å²) in [6.45, 7) is 3.64. The summed E-state index contributed by atoms with van der Waals surface area (Å²) in [5.41, 5.74) is -1.46. The third-order valence-electron chi connectivity index (χ3n) is 2.94. The van der Waals surface area contributed by atoms with E-state index in [9.17, 15) is 9.59 Å². The second-order valence-electron chi connectivity index (χ2n) is 4.20. The molecule has 1 atom stereocenters. The second-order valence-corrected chi connectivity index (χ2v) is 4.20. The predicted molar refractivity (Wildman–Crippen MR) is 59.0 cm³/mol. The Balaban J connectivity index is 2.99. The van der Waals surface area contributed by atoms with Crippen LogP contribution in [0.2, 0.25) is 0 Å². The van der Waals surface area contributed by atoms with Crippen molar-refractivity contribution in [2.75, 3.05) is 0 Å². The molecule has 7 nitrogen and oxygen atoms in total. The fourth-order valence-corrected chi connectivity index (χ4v) is 1.56. The first-order valence-corrected chi connectivity index (χ1v) is 5.32. The van der Waals surface area contributed by atoms with Crippen molar-refractivity contribution in [3.63, 3.8) is 0 Å². The van der Waals surface area contributed by atoms with Gasteiger partial charge in [-0.15, -0.1) is 0 Å². The minimum atomic E-state index is -0.816. The summed E-state index contributed by atoms with van der Waals surface area (Å²) >= 11 is 0. The Labute approximate surface area is 96.7 Å². The molecule has 2 rings (SSSR count). The van der Waals surface area contributed by atoms with Crippen molar-refractivity contribution in [1.82, 2.24) is 9.13 Å². The Morgan fingerprint density at radius 2 is 1.94 bits per heavy atom. The van der Waals surface area contributed by atoms with Crippen LogP contribution in [0, 0.1) is 0 Å². The molecule has 2 heterocycles. The van der Waals surface area contributed by atoms with Gasteiger partial charge in [0.15, 0.2) is 5.49 Å². The summed E-state index contributed by atoms with van der Waals surface area (Å²) in [7, 11) is 2.95. The van der Waals surface area contributed by atoms with Gasteiger partial charge in [0.05, 0.1) is 0 Å². The molecule has 1 aliphatic heterocycles. The third-order valence-corrected chi connectivity index (χ3v) is 2.94. The average Bonchev–Trinajstić information content (AvgIpc) is 2.33. The zero-order valence-electron chi connectivity index (χ0n) is 10.2. The highest BCUT2D eigenvalue weighted by atomic mass is 16.7. The summed E-state index contributed by atoms with van der Waals surface area (Å²) in [6, 6.07) is 0. The number of aromatic nitrogens is 2. The van der Waals surface area contributed by atoms with Gasteiger partial charge in [0, 0.05) is 20.5 Å². The lowest BCUT2D eigenvalue weighted by Gasteiger charge is -2.23. The van der Waals surface area contributed by atoms with Gasteiger partial charge in [-0.1, -0.05) is 12.1 Å². The lowest BCUT2D eigenvalue weighted by Crippen LogP contribution is -2.59. The number of fused-ring (bicyclic) bond motifs is 1. The van der Waals surface area contributed by atoms with Gasteiger partial charge in [0.2, 0.25) is 11.1 Å². The van der Waals surface area contributed by atoms with Crippen LogP contribution < -0.4 is 22.1 Å². The van der Waals surface area contributed by atoms with Crippen molar-refractivity contribution in [2.45, 2.75) is 26.0 Å². The average molecular weight is 238 g/mol. The SMILES string of the molecule is CC[C@]1(C)N=c2c(c(=O)n(C)c(=O)n2C)=NO1. The fraction of sp³-hybridized carbons (Fsp3) is 0.600. The van der Waals surface area contributed by atoms with Crippen molar-refractivity contribution < 1.29 is 4.84 Å². The molecule has 0 aliphatic carbocycles. The molecule has 0 N–H and O–H groups in total. The standard InChI is InChI=1S/C10H14N4O3/c1-5-10(2)11-7-6(12-17-10)8(15)14(4)9(16)13(7)3/h5H2,1-4H3/t10-/m1/s1. The molecule has 0 spiro atoms. The first-order valence-electron chi connectivity index (χ1n) is 5.32. The summed E-state index contributed by atoms with van der Waals surface area (Å²) in [5, 5.41) is 3.86. The molecule has 0 fully saturated rings. The number of hydrogen-bond acceptors (Lipinski definition) is 5. The van der Waals surface area contributed by atoms with Gasteiger partial charge < -0.3 is 4.84 Å². The molecule has 7 heteroatoms. The Hall–Kier alpha value is -1.92. The van der Waals surface area contributed by atoms with E-state index in [2.05, 4.69) is 10.1 Å². The smallest absolute Gasteiger partial charge is 0.332 e. The molecule has 0 saturated carbocycles. The molecular formula is C10H14N4O3. The molecule has 1 aliphatic rings. The number of rotatable bonds is 1. The van der Waals surface area contributed by atoms with Crippen LogP contribution in [0.25, 0.3) is 0 Å². The van der Waals surface area contributed by atoms with E-state index in [-0.39, 0.29) is 10.8 Å². The Bertz CT molecular complexity index is 700. The second kappa shape index (κ2) is 3.54. The molecule has 0 amide bonds. The monoisotopic (exact) mass is 238 g/mol. The first-order chi connectivity index (χ1) is 7.89. The molecular weight excluding hydrogens is 224 g/mol. The van der Waals surface area contributed by atoms with Crippen LogP contribution in [0.3, 0.4) is 0 Å². The highest BCUT2D eigenvalue weighted by Gasteiger charge is 2.27. The normalized spacial score (nSPS) is 22.1. The van der Waals surface area contributed by atoms with E-state index in [1.54, 1.807) is 14.0 Å². The van der Waals surface area contributed by atoms with Crippen LogP contribution in [0.4, 0.5) is 0 Å². The fourth-order valence-electron chi connectivity index (χ4n) is 1.56. The Kier molecular flexibility index (Phi) is 2.41. The number of hydrogen-bond donors (Lipinski definition) is 0. The zero-order chi connectivity index (χ0) is 12.8. The van der Waals surface area contributed by atoms with E-state index < -0.39 is 17.0 Å². The van der Waals surface area contributed by atoms with Crippen LogP contribution in [0.1, 0.15) is 20.3 Å². The highest BCUT2D eigenvalue weighted by Crippen LogP contribution is 2.16. The largest absolute Gasteiger partial charge is 0.365 e. The van der Waals surface area contributed by atoms with Gasteiger partial charge in [-0.25, -0.2) is 9.79 Å². The van der Waals surface area contributed by atoms with Crippen LogP contribution >= 0.6 is 0 Å². The molecule has 1 aromatic rings. The van der Waals surface area contributed by atoms with Crippen LogP contribution in [-0.2, 0) is 18.9 Å².